The van der Waals surface area contributed by atoms with E-state index in [0.717, 1.165) is 30.2 Å². The third kappa shape index (κ3) is 2.74. The van der Waals surface area contributed by atoms with Crippen LogP contribution < -0.4 is 10.2 Å². The number of β-lactam (4-membered cyclic amide) rings is 1. The van der Waals surface area contributed by atoms with Crippen LogP contribution in [-0.2, 0) is 26.5 Å². The molecule has 0 saturated carbocycles. The monoisotopic (exact) mass is 542 g/mol. The predicted molar refractivity (Wildman–Crippen MR) is 108 cm³/mol. The Labute approximate surface area is 175 Å². The molecule has 2 heterocycles. The standard InChI is InChI=1S/C18H13Br3N2O3/c19-11-6-12-14(16(21)15(11)20)18(7-13(24)22-18)17(25)23(12)9-26-8-10-4-2-1-3-5-10/h1-6H,7-9H2,(H,22,24). The number of hydrogen-bond acceptors (Lipinski definition) is 3. The summed E-state index contributed by atoms with van der Waals surface area (Å²) >= 11 is 10.6. The highest BCUT2D eigenvalue weighted by Crippen LogP contribution is 2.52. The highest BCUT2D eigenvalue weighted by atomic mass is 79.9. The summed E-state index contributed by atoms with van der Waals surface area (Å²) in [6, 6.07) is 11.6. The summed E-state index contributed by atoms with van der Waals surface area (Å²) in [5.74, 6) is -0.312. The summed E-state index contributed by atoms with van der Waals surface area (Å²) in [5, 5.41) is 2.80. The Bertz CT molecular complexity index is 910. The van der Waals surface area contributed by atoms with Crippen LogP contribution in [0.5, 0.6) is 0 Å². The zero-order valence-electron chi connectivity index (χ0n) is 13.4. The van der Waals surface area contributed by atoms with Gasteiger partial charge in [-0.3, -0.25) is 14.5 Å². The van der Waals surface area contributed by atoms with Crippen molar-refractivity contribution in [1.29, 1.82) is 0 Å². The lowest BCUT2D eigenvalue weighted by Gasteiger charge is -2.38. The molecule has 134 valence electrons. The average Bonchev–Trinajstić information content (AvgIpc) is 2.83. The van der Waals surface area contributed by atoms with Gasteiger partial charge in [0, 0.05) is 19.0 Å². The second-order valence-electron chi connectivity index (χ2n) is 6.21. The molecule has 1 N–H and O–H groups in total. The maximum atomic E-state index is 13.1. The number of anilines is 1. The minimum Gasteiger partial charge on any atom is -0.356 e. The molecule has 0 aliphatic carbocycles. The van der Waals surface area contributed by atoms with E-state index < -0.39 is 5.54 Å². The number of fused-ring (bicyclic) bond motifs is 2. The van der Waals surface area contributed by atoms with E-state index in [0.29, 0.717) is 6.61 Å². The van der Waals surface area contributed by atoms with Gasteiger partial charge in [0.25, 0.3) is 5.91 Å². The van der Waals surface area contributed by atoms with Crippen molar-refractivity contribution in [1.82, 2.24) is 5.32 Å². The minimum absolute atomic E-state index is 0.110. The van der Waals surface area contributed by atoms with E-state index in [1.807, 2.05) is 36.4 Å². The topological polar surface area (TPSA) is 58.6 Å². The smallest absolute Gasteiger partial charge is 0.259 e. The Morgan fingerprint density at radius 1 is 1.12 bits per heavy atom. The molecule has 2 aliphatic heterocycles. The van der Waals surface area contributed by atoms with E-state index in [9.17, 15) is 9.59 Å². The van der Waals surface area contributed by atoms with Crippen LogP contribution in [0.2, 0.25) is 0 Å². The number of hydrogen-bond donors (Lipinski definition) is 1. The molecule has 0 bridgehead atoms. The van der Waals surface area contributed by atoms with Crippen LogP contribution in [0.15, 0.2) is 49.8 Å². The first-order valence-corrected chi connectivity index (χ1v) is 10.2. The average molecular weight is 545 g/mol. The van der Waals surface area contributed by atoms with Gasteiger partial charge in [0.2, 0.25) is 5.91 Å². The SMILES string of the molecule is O=C1CC2(N1)C(=O)N(COCc1ccccc1)c1cc(Br)c(Br)c(Br)c12. The van der Waals surface area contributed by atoms with E-state index in [4.69, 9.17) is 4.74 Å². The summed E-state index contributed by atoms with van der Waals surface area (Å²) < 4.78 is 8.14. The molecule has 1 fully saturated rings. The minimum atomic E-state index is -1.01. The maximum absolute atomic E-state index is 13.1. The van der Waals surface area contributed by atoms with Crippen LogP contribution in [0.3, 0.4) is 0 Å². The van der Waals surface area contributed by atoms with Crippen LogP contribution >= 0.6 is 47.8 Å². The van der Waals surface area contributed by atoms with Gasteiger partial charge >= 0.3 is 0 Å². The molecule has 1 atom stereocenters. The van der Waals surface area contributed by atoms with Crippen LogP contribution in [0.4, 0.5) is 5.69 Å². The molecule has 2 aromatic rings. The highest BCUT2D eigenvalue weighted by Gasteiger charge is 2.60. The summed E-state index contributed by atoms with van der Waals surface area (Å²) in [5.41, 5.74) is 1.51. The van der Waals surface area contributed by atoms with Crippen molar-refractivity contribution >= 4 is 65.3 Å². The Morgan fingerprint density at radius 3 is 2.46 bits per heavy atom. The molecule has 1 spiro atoms. The number of rotatable bonds is 4. The van der Waals surface area contributed by atoms with Gasteiger partial charge < -0.3 is 10.1 Å². The third-order valence-electron chi connectivity index (χ3n) is 4.58. The fourth-order valence-corrected chi connectivity index (χ4v) is 5.09. The van der Waals surface area contributed by atoms with Gasteiger partial charge in [-0.15, -0.1) is 0 Å². The molecule has 1 unspecified atom stereocenters. The fourth-order valence-electron chi connectivity index (χ4n) is 3.35. The predicted octanol–water partition coefficient (Wildman–Crippen LogP) is 4.21. The molecular formula is C18H13Br3N2O3. The van der Waals surface area contributed by atoms with Crippen molar-refractivity contribution in [3.63, 3.8) is 0 Å². The highest BCUT2D eigenvalue weighted by molar-refractivity contribution is 9.14. The first-order chi connectivity index (χ1) is 12.4. The van der Waals surface area contributed by atoms with Crippen molar-refractivity contribution in [2.75, 3.05) is 11.6 Å². The van der Waals surface area contributed by atoms with E-state index in [-0.39, 0.29) is 25.0 Å². The number of amides is 2. The molecule has 1 saturated heterocycles. The Hall–Kier alpha value is -1.22. The number of carbonyl (C=O) groups is 2. The molecule has 2 amide bonds. The van der Waals surface area contributed by atoms with Crippen molar-refractivity contribution in [2.45, 2.75) is 18.6 Å². The fraction of sp³-hybridized carbons (Fsp3) is 0.222. The van der Waals surface area contributed by atoms with Crippen LogP contribution in [0.25, 0.3) is 0 Å². The van der Waals surface area contributed by atoms with Gasteiger partial charge in [-0.05, 0) is 59.4 Å². The molecular weight excluding hydrogens is 532 g/mol. The van der Waals surface area contributed by atoms with Gasteiger partial charge in [-0.2, -0.15) is 0 Å². The number of nitrogens with one attached hydrogen (secondary N) is 1. The van der Waals surface area contributed by atoms with Crippen molar-refractivity contribution in [3.8, 4) is 0 Å². The van der Waals surface area contributed by atoms with Crippen LogP contribution in [-0.4, -0.2) is 18.5 Å². The van der Waals surface area contributed by atoms with Crippen molar-refractivity contribution in [2.24, 2.45) is 0 Å². The van der Waals surface area contributed by atoms with E-state index >= 15 is 0 Å². The Balaban J connectivity index is 1.65. The van der Waals surface area contributed by atoms with Gasteiger partial charge in [-0.1, -0.05) is 30.3 Å². The lowest BCUT2D eigenvalue weighted by Crippen LogP contribution is -2.63. The quantitative estimate of drug-likeness (QED) is 0.463. The van der Waals surface area contributed by atoms with E-state index in [2.05, 4.69) is 53.1 Å². The van der Waals surface area contributed by atoms with Crippen molar-refractivity contribution in [3.05, 3.63) is 60.9 Å². The Morgan fingerprint density at radius 2 is 1.81 bits per heavy atom. The summed E-state index contributed by atoms with van der Waals surface area (Å²) in [4.78, 5) is 26.3. The van der Waals surface area contributed by atoms with E-state index in [1.165, 1.54) is 0 Å². The second-order valence-corrected chi connectivity index (χ2v) is 8.65. The lowest BCUT2D eigenvalue weighted by molar-refractivity contribution is -0.143. The van der Waals surface area contributed by atoms with Gasteiger partial charge in [-0.25, -0.2) is 0 Å². The van der Waals surface area contributed by atoms with Gasteiger partial charge in [0.1, 0.15) is 6.73 Å². The maximum Gasteiger partial charge on any atom is 0.259 e. The molecule has 0 radical (unpaired) electrons. The number of ether oxygens (including phenoxy) is 1. The number of halogens is 3. The first kappa shape index (κ1) is 18.2. The number of benzene rings is 2. The first-order valence-electron chi connectivity index (χ1n) is 7.86. The van der Waals surface area contributed by atoms with Crippen LogP contribution in [0.1, 0.15) is 17.5 Å². The molecule has 4 rings (SSSR count). The summed E-state index contributed by atoms with van der Waals surface area (Å²) in [6.45, 7) is 0.511. The molecule has 0 aromatic heterocycles. The zero-order valence-corrected chi connectivity index (χ0v) is 18.1. The Kier molecular flexibility index (Phi) is 4.71. The third-order valence-corrected chi connectivity index (χ3v) is 7.89. The van der Waals surface area contributed by atoms with E-state index in [1.54, 1.807) is 4.90 Å². The molecule has 26 heavy (non-hydrogen) atoms. The number of carbonyl (C=O) groups excluding carboxylic acids is 2. The van der Waals surface area contributed by atoms with Crippen LogP contribution in [0, 0.1) is 0 Å². The lowest BCUT2D eigenvalue weighted by atomic mass is 9.81. The molecule has 5 nitrogen and oxygen atoms in total. The molecule has 8 heteroatoms. The number of nitrogens with zero attached hydrogens (tertiary/aromatic N) is 1. The second kappa shape index (κ2) is 6.74. The normalized spacial score (nSPS) is 21.0. The largest absolute Gasteiger partial charge is 0.356 e. The zero-order chi connectivity index (χ0) is 18.5. The summed E-state index contributed by atoms with van der Waals surface area (Å²) in [6.07, 6.45) is 0.140. The summed E-state index contributed by atoms with van der Waals surface area (Å²) in [7, 11) is 0. The van der Waals surface area contributed by atoms with Gasteiger partial charge in [0.15, 0.2) is 5.54 Å². The molecule has 2 aliphatic rings. The van der Waals surface area contributed by atoms with Crippen molar-refractivity contribution < 1.29 is 14.3 Å². The molecule has 2 aromatic carbocycles. The van der Waals surface area contributed by atoms with Gasteiger partial charge in [0.05, 0.1) is 18.7 Å².